The third-order valence-corrected chi connectivity index (χ3v) is 2.47. The second-order valence-corrected chi connectivity index (χ2v) is 3.34. The number of halogens is 1. The largest absolute Gasteiger partial charge is 0.324 e. The molecular formula is C10H12FN. The minimum absolute atomic E-state index is 0.0458. The van der Waals surface area contributed by atoms with E-state index in [0.29, 0.717) is 0 Å². The molecule has 1 atom stereocenters. The molecule has 0 saturated carbocycles. The Morgan fingerprint density at radius 2 is 2.25 bits per heavy atom. The van der Waals surface area contributed by atoms with Crippen molar-refractivity contribution in [3.05, 3.63) is 35.1 Å². The second-order valence-electron chi connectivity index (χ2n) is 3.34. The maximum atomic E-state index is 12.8. The smallest absolute Gasteiger partial charge is 0.123 e. The number of hydrogen-bond acceptors (Lipinski definition) is 1. The van der Waals surface area contributed by atoms with Gasteiger partial charge in [0.2, 0.25) is 0 Å². The molecular weight excluding hydrogens is 153 g/mol. The predicted octanol–water partition coefficient (Wildman–Crippen LogP) is 2.16. The van der Waals surface area contributed by atoms with Crippen molar-refractivity contribution >= 4 is 0 Å². The fourth-order valence-electron chi connectivity index (χ4n) is 1.81. The Labute approximate surface area is 71.4 Å². The number of fused-ring (bicyclic) bond motifs is 1. The molecule has 1 aromatic rings. The first kappa shape index (κ1) is 7.74. The van der Waals surface area contributed by atoms with Gasteiger partial charge in [0, 0.05) is 6.04 Å². The van der Waals surface area contributed by atoms with E-state index in [1.54, 1.807) is 6.07 Å². The van der Waals surface area contributed by atoms with Crippen LogP contribution in [0.25, 0.3) is 0 Å². The maximum absolute atomic E-state index is 12.8. The zero-order valence-corrected chi connectivity index (χ0v) is 6.89. The van der Waals surface area contributed by atoms with Gasteiger partial charge in [-0.25, -0.2) is 4.39 Å². The molecule has 1 aromatic carbocycles. The van der Waals surface area contributed by atoms with Gasteiger partial charge in [0.15, 0.2) is 0 Å². The highest BCUT2D eigenvalue weighted by molar-refractivity contribution is 5.32. The SMILES string of the molecule is N[C@@H]1CCCc2ccc(F)cc21. The third-order valence-electron chi connectivity index (χ3n) is 2.47. The Morgan fingerprint density at radius 1 is 1.42 bits per heavy atom. The summed E-state index contributed by atoms with van der Waals surface area (Å²) in [6, 6.07) is 4.98. The molecule has 0 bridgehead atoms. The highest BCUT2D eigenvalue weighted by Gasteiger charge is 2.16. The van der Waals surface area contributed by atoms with Crippen LogP contribution < -0.4 is 5.73 Å². The normalized spacial score (nSPS) is 22.0. The summed E-state index contributed by atoms with van der Waals surface area (Å²) < 4.78 is 12.8. The van der Waals surface area contributed by atoms with Gasteiger partial charge in [0.25, 0.3) is 0 Å². The fourth-order valence-corrected chi connectivity index (χ4v) is 1.81. The lowest BCUT2D eigenvalue weighted by Gasteiger charge is -2.21. The van der Waals surface area contributed by atoms with Crippen LogP contribution in [0.2, 0.25) is 0 Å². The highest BCUT2D eigenvalue weighted by atomic mass is 19.1. The number of rotatable bonds is 0. The second kappa shape index (κ2) is 2.87. The average Bonchev–Trinajstić information content (AvgIpc) is 2.07. The molecule has 1 nitrogen and oxygen atoms in total. The van der Waals surface area contributed by atoms with E-state index in [2.05, 4.69) is 0 Å². The average molecular weight is 165 g/mol. The van der Waals surface area contributed by atoms with Crippen molar-refractivity contribution in [3.8, 4) is 0 Å². The lowest BCUT2D eigenvalue weighted by atomic mass is 9.88. The fraction of sp³-hybridized carbons (Fsp3) is 0.400. The van der Waals surface area contributed by atoms with E-state index in [-0.39, 0.29) is 11.9 Å². The monoisotopic (exact) mass is 165 g/mol. The summed E-state index contributed by atoms with van der Waals surface area (Å²) in [5, 5.41) is 0. The molecule has 0 radical (unpaired) electrons. The van der Waals surface area contributed by atoms with Crippen LogP contribution in [0, 0.1) is 5.82 Å². The standard InChI is InChI=1S/C10H12FN/c11-8-5-4-7-2-1-3-10(12)9(7)6-8/h4-6,10H,1-3,12H2/t10-/m1/s1. The molecule has 1 aliphatic carbocycles. The first-order chi connectivity index (χ1) is 5.77. The number of aryl methyl sites for hydroxylation is 1. The van der Waals surface area contributed by atoms with Crippen LogP contribution >= 0.6 is 0 Å². The molecule has 0 spiro atoms. The first-order valence-electron chi connectivity index (χ1n) is 4.31. The van der Waals surface area contributed by atoms with Gasteiger partial charge >= 0.3 is 0 Å². The van der Waals surface area contributed by atoms with Crippen LogP contribution in [0.3, 0.4) is 0 Å². The van der Waals surface area contributed by atoms with E-state index >= 15 is 0 Å². The van der Waals surface area contributed by atoms with Gasteiger partial charge in [-0.1, -0.05) is 6.07 Å². The van der Waals surface area contributed by atoms with Crippen molar-refractivity contribution < 1.29 is 4.39 Å². The summed E-state index contributed by atoms with van der Waals surface area (Å²) in [6.45, 7) is 0. The van der Waals surface area contributed by atoms with E-state index in [1.807, 2.05) is 6.07 Å². The minimum Gasteiger partial charge on any atom is -0.324 e. The summed E-state index contributed by atoms with van der Waals surface area (Å²) in [7, 11) is 0. The Kier molecular flexibility index (Phi) is 1.85. The van der Waals surface area contributed by atoms with E-state index in [1.165, 1.54) is 11.6 Å². The van der Waals surface area contributed by atoms with Gasteiger partial charge in [-0.2, -0.15) is 0 Å². The van der Waals surface area contributed by atoms with Crippen molar-refractivity contribution in [1.82, 2.24) is 0 Å². The van der Waals surface area contributed by atoms with Gasteiger partial charge in [-0.05, 0) is 42.5 Å². The Hall–Kier alpha value is -0.890. The van der Waals surface area contributed by atoms with Crippen LogP contribution in [0.1, 0.15) is 30.0 Å². The zero-order valence-electron chi connectivity index (χ0n) is 6.89. The molecule has 64 valence electrons. The molecule has 0 amide bonds. The van der Waals surface area contributed by atoms with E-state index in [9.17, 15) is 4.39 Å². The van der Waals surface area contributed by atoms with Crippen molar-refractivity contribution in [2.75, 3.05) is 0 Å². The van der Waals surface area contributed by atoms with Crippen LogP contribution in [-0.4, -0.2) is 0 Å². The summed E-state index contributed by atoms with van der Waals surface area (Å²) >= 11 is 0. The summed E-state index contributed by atoms with van der Waals surface area (Å²) in [5.74, 6) is -0.175. The Morgan fingerprint density at radius 3 is 3.08 bits per heavy atom. The van der Waals surface area contributed by atoms with Gasteiger partial charge < -0.3 is 5.73 Å². The molecule has 0 saturated heterocycles. The molecule has 2 heteroatoms. The highest BCUT2D eigenvalue weighted by Crippen LogP contribution is 2.27. The van der Waals surface area contributed by atoms with Crippen LogP contribution in [0.15, 0.2) is 18.2 Å². The van der Waals surface area contributed by atoms with E-state index in [0.717, 1.165) is 24.8 Å². The number of nitrogens with two attached hydrogens (primary N) is 1. The number of benzene rings is 1. The first-order valence-corrected chi connectivity index (χ1v) is 4.31. The molecule has 2 rings (SSSR count). The molecule has 0 aliphatic heterocycles. The predicted molar refractivity (Wildman–Crippen MR) is 46.3 cm³/mol. The Bertz CT molecular complexity index is 296. The topological polar surface area (TPSA) is 26.0 Å². The molecule has 0 aromatic heterocycles. The zero-order chi connectivity index (χ0) is 8.55. The summed E-state index contributed by atoms with van der Waals surface area (Å²) in [5.41, 5.74) is 8.07. The van der Waals surface area contributed by atoms with Crippen molar-refractivity contribution in [2.24, 2.45) is 5.73 Å². The van der Waals surface area contributed by atoms with Gasteiger partial charge in [0.1, 0.15) is 5.82 Å². The van der Waals surface area contributed by atoms with Crippen LogP contribution in [0.4, 0.5) is 4.39 Å². The van der Waals surface area contributed by atoms with Crippen molar-refractivity contribution in [2.45, 2.75) is 25.3 Å². The van der Waals surface area contributed by atoms with Gasteiger partial charge in [0.05, 0.1) is 0 Å². The molecule has 12 heavy (non-hydrogen) atoms. The van der Waals surface area contributed by atoms with Crippen LogP contribution in [0.5, 0.6) is 0 Å². The van der Waals surface area contributed by atoms with Crippen molar-refractivity contribution in [1.29, 1.82) is 0 Å². The lowest BCUT2D eigenvalue weighted by molar-refractivity contribution is 0.557. The molecule has 0 fully saturated rings. The maximum Gasteiger partial charge on any atom is 0.123 e. The molecule has 0 heterocycles. The lowest BCUT2D eigenvalue weighted by Crippen LogP contribution is -2.17. The molecule has 0 unspecified atom stereocenters. The Balaban J connectivity index is 2.47. The third kappa shape index (κ3) is 1.23. The van der Waals surface area contributed by atoms with Gasteiger partial charge in [-0.15, -0.1) is 0 Å². The van der Waals surface area contributed by atoms with E-state index in [4.69, 9.17) is 5.73 Å². The molecule has 1 aliphatic rings. The minimum atomic E-state index is -0.175. The quantitative estimate of drug-likeness (QED) is 0.626. The van der Waals surface area contributed by atoms with Crippen molar-refractivity contribution in [3.63, 3.8) is 0 Å². The van der Waals surface area contributed by atoms with Gasteiger partial charge in [-0.3, -0.25) is 0 Å². The van der Waals surface area contributed by atoms with Crippen LogP contribution in [-0.2, 0) is 6.42 Å². The number of hydrogen-bond donors (Lipinski definition) is 1. The summed E-state index contributed by atoms with van der Waals surface area (Å²) in [6.07, 6.45) is 3.15. The van der Waals surface area contributed by atoms with E-state index < -0.39 is 0 Å². The molecule has 2 N–H and O–H groups in total. The summed E-state index contributed by atoms with van der Waals surface area (Å²) in [4.78, 5) is 0.